The van der Waals surface area contributed by atoms with Crippen LogP contribution in [0, 0.1) is 5.41 Å². The van der Waals surface area contributed by atoms with E-state index in [0.717, 1.165) is 6.42 Å². The molecule has 1 saturated heterocycles. The highest BCUT2D eigenvalue weighted by Gasteiger charge is 2.40. The summed E-state index contributed by atoms with van der Waals surface area (Å²) in [5.41, 5.74) is 0.123. The number of methoxy groups -OCH3 is 1. The normalized spacial score (nSPS) is 33.0. The SMILES string of the molecule is COC1CC(C(C)(C)C)OC(C)(C)O1. The van der Waals surface area contributed by atoms with Crippen molar-refractivity contribution in [3.63, 3.8) is 0 Å². The Bertz CT molecular complexity index is 193. The fourth-order valence-electron chi connectivity index (χ4n) is 1.63. The van der Waals surface area contributed by atoms with Gasteiger partial charge in [0.1, 0.15) is 0 Å². The van der Waals surface area contributed by atoms with Gasteiger partial charge in [0.2, 0.25) is 0 Å². The Hall–Kier alpha value is -0.120. The molecule has 1 rings (SSSR count). The molecule has 0 aromatic rings. The molecule has 2 unspecified atom stereocenters. The molecule has 0 aromatic heterocycles. The van der Waals surface area contributed by atoms with Gasteiger partial charge in [0.15, 0.2) is 12.1 Å². The van der Waals surface area contributed by atoms with Crippen LogP contribution in [0.4, 0.5) is 0 Å². The molecule has 0 amide bonds. The molecule has 0 N–H and O–H groups in total. The lowest BCUT2D eigenvalue weighted by Crippen LogP contribution is -2.49. The molecule has 0 aromatic carbocycles. The van der Waals surface area contributed by atoms with Gasteiger partial charge < -0.3 is 14.2 Å². The molecule has 0 spiro atoms. The summed E-state index contributed by atoms with van der Waals surface area (Å²) < 4.78 is 16.7. The minimum absolute atomic E-state index is 0.123. The van der Waals surface area contributed by atoms with Gasteiger partial charge in [0.05, 0.1) is 6.10 Å². The first-order valence-corrected chi connectivity index (χ1v) is 5.13. The van der Waals surface area contributed by atoms with Crippen LogP contribution in [0.2, 0.25) is 0 Å². The Morgan fingerprint density at radius 2 is 1.79 bits per heavy atom. The Labute approximate surface area is 86.7 Å². The van der Waals surface area contributed by atoms with Gasteiger partial charge in [-0.1, -0.05) is 20.8 Å². The maximum atomic E-state index is 5.87. The van der Waals surface area contributed by atoms with E-state index in [1.54, 1.807) is 7.11 Å². The summed E-state index contributed by atoms with van der Waals surface area (Å²) in [4.78, 5) is 0. The summed E-state index contributed by atoms with van der Waals surface area (Å²) in [6.07, 6.45) is 0.822. The molecule has 3 heteroatoms. The molecule has 0 saturated carbocycles. The van der Waals surface area contributed by atoms with Crippen molar-refractivity contribution in [2.45, 2.75) is 59.2 Å². The van der Waals surface area contributed by atoms with E-state index in [-0.39, 0.29) is 17.8 Å². The molecular formula is C11H22O3. The van der Waals surface area contributed by atoms with E-state index < -0.39 is 5.79 Å². The van der Waals surface area contributed by atoms with Crippen molar-refractivity contribution in [2.75, 3.05) is 7.11 Å². The largest absolute Gasteiger partial charge is 0.356 e. The van der Waals surface area contributed by atoms with Crippen LogP contribution in [0.3, 0.4) is 0 Å². The lowest BCUT2D eigenvalue weighted by molar-refractivity contribution is -0.358. The van der Waals surface area contributed by atoms with Crippen LogP contribution in [0.1, 0.15) is 41.0 Å². The summed E-state index contributed by atoms with van der Waals surface area (Å²) in [7, 11) is 1.67. The molecule has 84 valence electrons. The average molecular weight is 202 g/mol. The molecule has 3 nitrogen and oxygen atoms in total. The number of rotatable bonds is 1. The first kappa shape index (κ1) is 12.0. The van der Waals surface area contributed by atoms with Crippen molar-refractivity contribution in [3.8, 4) is 0 Å². The Morgan fingerprint density at radius 1 is 1.21 bits per heavy atom. The summed E-state index contributed by atoms with van der Waals surface area (Å²) in [5, 5.41) is 0. The lowest BCUT2D eigenvalue weighted by Gasteiger charge is -2.44. The summed E-state index contributed by atoms with van der Waals surface area (Å²) >= 11 is 0. The molecule has 14 heavy (non-hydrogen) atoms. The predicted molar refractivity (Wildman–Crippen MR) is 54.9 cm³/mol. The van der Waals surface area contributed by atoms with Crippen LogP contribution in [-0.4, -0.2) is 25.3 Å². The van der Waals surface area contributed by atoms with E-state index in [4.69, 9.17) is 14.2 Å². The van der Waals surface area contributed by atoms with E-state index >= 15 is 0 Å². The number of ether oxygens (including phenoxy) is 3. The number of hydrogen-bond acceptors (Lipinski definition) is 3. The third kappa shape index (κ3) is 2.94. The highest BCUT2D eigenvalue weighted by molar-refractivity contribution is 4.81. The molecule has 2 atom stereocenters. The van der Waals surface area contributed by atoms with Crippen molar-refractivity contribution >= 4 is 0 Å². The molecular weight excluding hydrogens is 180 g/mol. The van der Waals surface area contributed by atoms with Crippen LogP contribution in [-0.2, 0) is 14.2 Å². The molecule has 1 fully saturated rings. The van der Waals surface area contributed by atoms with E-state index in [2.05, 4.69) is 20.8 Å². The average Bonchev–Trinajstić information content (AvgIpc) is 1.99. The van der Waals surface area contributed by atoms with Gasteiger partial charge in [-0.15, -0.1) is 0 Å². The third-order valence-electron chi connectivity index (χ3n) is 2.48. The first-order valence-electron chi connectivity index (χ1n) is 5.13. The predicted octanol–water partition coefficient (Wildman–Crippen LogP) is 2.55. The number of hydrogen-bond donors (Lipinski definition) is 0. The van der Waals surface area contributed by atoms with Gasteiger partial charge in [0.25, 0.3) is 0 Å². The molecule has 1 aliphatic heterocycles. The van der Waals surface area contributed by atoms with Crippen molar-refractivity contribution in [3.05, 3.63) is 0 Å². The fraction of sp³-hybridized carbons (Fsp3) is 1.00. The van der Waals surface area contributed by atoms with Gasteiger partial charge >= 0.3 is 0 Å². The maximum Gasteiger partial charge on any atom is 0.166 e. The van der Waals surface area contributed by atoms with Crippen molar-refractivity contribution in [2.24, 2.45) is 5.41 Å². The smallest absolute Gasteiger partial charge is 0.166 e. The fourth-order valence-corrected chi connectivity index (χ4v) is 1.63. The standard InChI is InChI=1S/C11H22O3/c1-10(2,3)8-7-9(12-6)14-11(4,5)13-8/h8-9H,7H2,1-6H3. The van der Waals surface area contributed by atoms with Crippen LogP contribution in [0.15, 0.2) is 0 Å². The van der Waals surface area contributed by atoms with Gasteiger partial charge in [0, 0.05) is 13.5 Å². The van der Waals surface area contributed by atoms with Crippen LogP contribution in [0.25, 0.3) is 0 Å². The Kier molecular flexibility index (Phi) is 3.24. The second kappa shape index (κ2) is 3.80. The molecule has 0 bridgehead atoms. The lowest BCUT2D eigenvalue weighted by atomic mass is 9.86. The first-order chi connectivity index (χ1) is 6.24. The van der Waals surface area contributed by atoms with Crippen molar-refractivity contribution in [1.82, 2.24) is 0 Å². The Balaban J connectivity index is 2.71. The highest BCUT2D eigenvalue weighted by Crippen LogP contribution is 2.35. The second-order valence-corrected chi connectivity index (χ2v) is 5.39. The van der Waals surface area contributed by atoms with E-state index in [0.29, 0.717) is 0 Å². The zero-order chi connectivity index (χ0) is 11.0. The van der Waals surface area contributed by atoms with Crippen LogP contribution >= 0.6 is 0 Å². The summed E-state index contributed by atoms with van der Waals surface area (Å²) in [6.45, 7) is 10.4. The maximum absolute atomic E-state index is 5.87. The van der Waals surface area contributed by atoms with Gasteiger partial charge in [-0.05, 0) is 19.3 Å². The molecule has 1 aliphatic rings. The van der Waals surface area contributed by atoms with Crippen LogP contribution < -0.4 is 0 Å². The van der Waals surface area contributed by atoms with Gasteiger partial charge in [-0.3, -0.25) is 0 Å². The second-order valence-electron chi connectivity index (χ2n) is 5.39. The van der Waals surface area contributed by atoms with E-state index in [1.807, 2.05) is 13.8 Å². The third-order valence-corrected chi connectivity index (χ3v) is 2.48. The van der Waals surface area contributed by atoms with Crippen LogP contribution in [0.5, 0.6) is 0 Å². The Morgan fingerprint density at radius 3 is 2.21 bits per heavy atom. The van der Waals surface area contributed by atoms with Crippen molar-refractivity contribution in [1.29, 1.82) is 0 Å². The molecule has 1 heterocycles. The minimum atomic E-state index is -0.545. The highest BCUT2D eigenvalue weighted by atomic mass is 16.8. The van der Waals surface area contributed by atoms with E-state index in [1.165, 1.54) is 0 Å². The van der Waals surface area contributed by atoms with Gasteiger partial charge in [-0.2, -0.15) is 0 Å². The van der Waals surface area contributed by atoms with E-state index in [9.17, 15) is 0 Å². The summed E-state index contributed by atoms with van der Waals surface area (Å²) in [5.74, 6) is -0.545. The van der Waals surface area contributed by atoms with Crippen molar-refractivity contribution < 1.29 is 14.2 Å². The summed E-state index contributed by atoms with van der Waals surface area (Å²) in [6, 6.07) is 0. The zero-order valence-electron chi connectivity index (χ0n) is 10.1. The molecule has 0 radical (unpaired) electrons. The van der Waals surface area contributed by atoms with Gasteiger partial charge in [-0.25, -0.2) is 0 Å². The monoisotopic (exact) mass is 202 g/mol. The molecule has 0 aliphatic carbocycles. The zero-order valence-corrected chi connectivity index (χ0v) is 10.1. The quantitative estimate of drug-likeness (QED) is 0.654. The topological polar surface area (TPSA) is 27.7 Å². The minimum Gasteiger partial charge on any atom is -0.356 e.